The maximum absolute atomic E-state index is 14.1. The van der Waals surface area contributed by atoms with Gasteiger partial charge in [-0.05, 0) is 90.5 Å². The van der Waals surface area contributed by atoms with E-state index in [2.05, 4.69) is 68.9 Å². The Bertz CT molecular complexity index is 1280. The smallest absolute Gasteiger partial charge is 0.253 e. The average molecular weight is 682 g/mol. The molecule has 0 saturated heterocycles. The lowest BCUT2D eigenvalue weighted by atomic mass is 10.1. The van der Waals surface area contributed by atoms with E-state index in [9.17, 15) is 9.18 Å². The molecule has 0 radical (unpaired) electrons. The third-order valence-electron chi connectivity index (χ3n) is 5.32. The summed E-state index contributed by atoms with van der Waals surface area (Å²) in [5, 5.41) is 13.6. The van der Waals surface area contributed by atoms with Crippen molar-refractivity contribution in [1.82, 2.24) is 14.7 Å². The number of primary amides is 1. The Hall–Kier alpha value is -3.10. The zero-order valence-electron chi connectivity index (χ0n) is 25.4. The molecule has 0 unspecified atom stereocenters. The predicted octanol–water partition coefficient (Wildman–Crippen LogP) is 6.61. The number of aromatic nitrogens is 2. The number of nitrogens with zero attached hydrogens (tertiary/aromatic N) is 2. The number of amides is 1. The van der Waals surface area contributed by atoms with Gasteiger partial charge in [0.05, 0.1) is 27.9 Å². The Morgan fingerprint density at radius 2 is 1.84 bits per heavy atom. The van der Waals surface area contributed by atoms with Crippen LogP contribution in [0.2, 0.25) is 0 Å². The normalized spacial score (nSPS) is 10.7. The van der Waals surface area contributed by atoms with Crippen LogP contribution >= 0.6 is 27.9 Å². The van der Waals surface area contributed by atoms with Gasteiger partial charge in [0.2, 0.25) is 5.95 Å². The first-order valence-corrected chi connectivity index (χ1v) is 15.4. The highest BCUT2D eigenvalue weighted by molar-refractivity contribution is 9.10. The van der Waals surface area contributed by atoms with E-state index in [4.69, 9.17) is 20.4 Å². The van der Waals surface area contributed by atoms with Crippen LogP contribution in [0.25, 0.3) is 0 Å². The SMILES string of the molecule is CC.CC(C)CCOC(C)(C)CNSc1ccc(Nc2ncc(Br)c(Nc3cccc(F)c3C(N)=O)n2)cc1.O=CCO. The van der Waals surface area contributed by atoms with Gasteiger partial charge in [-0.1, -0.05) is 33.8 Å². The number of hydrogen-bond donors (Lipinski definition) is 5. The van der Waals surface area contributed by atoms with E-state index in [1.54, 1.807) is 12.3 Å². The van der Waals surface area contributed by atoms with Crippen molar-refractivity contribution in [3.8, 4) is 0 Å². The fourth-order valence-corrected chi connectivity index (χ4v) is 4.32. The van der Waals surface area contributed by atoms with Gasteiger partial charge in [0, 0.05) is 29.9 Å². The second kappa shape index (κ2) is 20.0. The Kier molecular flexibility index (Phi) is 17.6. The van der Waals surface area contributed by atoms with E-state index < -0.39 is 11.7 Å². The van der Waals surface area contributed by atoms with Gasteiger partial charge in [-0.15, -0.1) is 0 Å². The lowest BCUT2D eigenvalue weighted by Crippen LogP contribution is -2.35. The average Bonchev–Trinajstić information content (AvgIpc) is 2.96. The lowest BCUT2D eigenvalue weighted by Gasteiger charge is -2.26. The molecule has 6 N–H and O–H groups in total. The van der Waals surface area contributed by atoms with Gasteiger partial charge in [-0.2, -0.15) is 4.98 Å². The summed E-state index contributed by atoms with van der Waals surface area (Å²) in [6.07, 6.45) is 3.03. The summed E-state index contributed by atoms with van der Waals surface area (Å²) >= 11 is 4.92. The number of aldehydes is 1. The van der Waals surface area contributed by atoms with Crippen molar-refractivity contribution >= 4 is 63.2 Å². The molecule has 0 fully saturated rings. The van der Waals surface area contributed by atoms with Crippen molar-refractivity contribution in [3.63, 3.8) is 0 Å². The molecular formula is C30H42BrFN6O4S. The number of aliphatic hydroxyl groups excluding tert-OH is 1. The second-order valence-corrected chi connectivity index (χ2v) is 11.6. The van der Waals surface area contributed by atoms with E-state index >= 15 is 0 Å². The quantitative estimate of drug-likeness (QED) is 0.0929. The van der Waals surface area contributed by atoms with Gasteiger partial charge in [0.25, 0.3) is 5.91 Å². The summed E-state index contributed by atoms with van der Waals surface area (Å²) in [6, 6.07) is 12.0. The summed E-state index contributed by atoms with van der Waals surface area (Å²) in [7, 11) is 0. The summed E-state index contributed by atoms with van der Waals surface area (Å²) in [5.74, 6) is -0.296. The Morgan fingerprint density at radius 1 is 1.19 bits per heavy atom. The number of nitrogens with one attached hydrogen (secondary N) is 3. The van der Waals surface area contributed by atoms with Crippen molar-refractivity contribution in [3.05, 3.63) is 64.5 Å². The highest BCUT2D eigenvalue weighted by atomic mass is 79.9. The standard InChI is InChI=1S/C26H32BrFN6O2S.C2H4O2.C2H6/c1-16(2)12-13-36-26(3,4)15-31-37-18-10-8-17(9-11-18)32-25-30-14-19(27)24(34-25)33-21-7-5-6-20(28)22(21)23(29)35;3-1-2-4;1-2/h5-11,14,16,31H,12-13,15H2,1-4H3,(H2,29,35)(H2,30,32,33,34);1,4H,2H2;1-2H3. The topological polar surface area (TPSA) is 151 Å². The van der Waals surface area contributed by atoms with Crippen LogP contribution < -0.4 is 21.1 Å². The van der Waals surface area contributed by atoms with Crippen LogP contribution in [0.15, 0.2) is 58.0 Å². The van der Waals surface area contributed by atoms with Crippen molar-refractivity contribution in [2.75, 3.05) is 30.4 Å². The van der Waals surface area contributed by atoms with Crippen molar-refractivity contribution in [2.45, 2.75) is 58.5 Å². The number of hydrogen-bond acceptors (Lipinski definition) is 10. The third-order valence-corrected chi connectivity index (χ3v) is 6.69. The molecule has 0 bridgehead atoms. The maximum Gasteiger partial charge on any atom is 0.253 e. The van der Waals surface area contributed by atoms with Gasteiger partial charge in [-0.3, -0.25) is 9.52 Å². The van der Waals surface area contributed by atoms with Gasteiger partial charge in [0.15, 0.2) is 0 Å². The first-order chi connectivity index (χ1) is 20.5. The van der Waals surface area contributed by atoms with Crippen LogP contribution in [0, 0.1) is 11.7 Å². The fraction of sp³-hybridized carbons (Fsp3) is 0.400. The highest BCUT2D eigenvalue weighted by Crippen LogP contribution is 2.28. The molecular weight excluding hydrogens is 639 g/mol. The molecule has 13 heteroatoms. The third kappa shape index (κ3) is 14.3. The molecule has 0 spiro atoms. The molecule has 1 heterocycles. The van der Waals surface area contributed by atoms with E-state index in [0.717, 1.165) is 23.6 Å². The molecule has 2 aromatic carbocycles. The largest absolute Gasteiger partial charge is 0.389 e. The van der Waals surface area contributed by atoms with Crippen LogP contribution in [0.1, 0.15) is 58.3 Å². The molecule has 0 saturated carbocycles. The van der Waals surface area contributed by atoms with Crippen LogP contribution in [0.4, 0.5) is 27.5 Å². The van der Waals surface area contributed by atoms with Crippen LogP contribution in [0.5, 0.6) is 0 Å². The van der Waals surface area contributed by atoms with Crippen molar-refractivity contribution in [1.29, 1.82) is 0 Å². The molecule has 10 nitrogen and oxygen atoms in total. The summed E-state index contributed by atoms with van der Waals surface area (Å²) in [4.78, 5) is 30.4. The molecule has 236 valence electrons. The predicted molar refractivity (Wildman–Crippen MR) is 176 cm³/mol. The molecule has 3 rings (SSSR count). The molecule has 1 amide bonds. The van der Waals surface area contributed by atoms with Crippen molar-refractivity contribution in [2.24, 2.45) is 11.7 Å². The minimum absolute atomic E-state index is 0.209. The van der Waals surface area contributed by atoms with Gasteiger partial charge < -0.3 is 31.0 Å². The fourth-order valence-electron chi connectivity index (χ4n) is 3.17. The van der Waals surface area contributed by atoms with Gasteiger partial charge in [-0.25, -0.2) is 9.37 Å². The minimum atomic E-state index is -0.876. The highest BCUT2D eigenvalue weighted by Gasteiger charge is 2.18. The van der Waals surface area contributed by atoms with Gasteiger partial charge in [0.1, 0.15) is 17.9 Å². The first kappa shape index (κ1) is 37.9. The number of anilines is 4. The monoisotopic (exact) mass is 680 g/mol. The van der Waals surface area contributed by atoms with E-state index in [1.165, 1.54) is 24.1 Å². The van der Waals surface area contributed by atoms with Crippen LogP contribution in [0.3, 0.4) is 0 Å². The Balaban J connectivity index is 0.00000142. The Morgan fingerprint density at radius 3 is 2.42 bits per heavy atom. The molecule has 0 aliphatic rings. The van der Waals surface area contributed by atoms with E-state index in [-0.39, 0.29) is 23.5 Å². The first-order valence-electron chi connectivity index (χ1n) is 13.8. The lowest BCUT2D eigenvalue weighted by molar-refractivity contribution is -0.110. The summed E-state index contributed by atoms with van der Waals surface area (Å²) in [6.45, 7) is 13.6. The zero-order chi connectivity index (χ0) is 32.4. The molecule has 0 atom stereocenters. The maximum atomic E-state index is 14.1. The number of aliphatic hydroxyl groups is 1. The molecule has 3 aromatic rings. The number of nitrogens with two attached hydrogens (primary N) is 1. The second-order valence-electron chi connectivity index (χ2n) is 9.75. The summed E-state index contributed by atoms with van der Waals surface area (Å²) in [5.41, 5.74) is 5.85. The van der Waals surface area contributed by atoms with Crippen LogP contribution in [-0.4, -0.2) is 52.6 Å². The zero-order valence-corrected chi connectivity index (χ0v) is 27.8. The number of rotatable bonds is 14. The van der Waals surface area contributed by atoms with Gasteiger partial charge >= 0.3 is 0 Å². The molecule has 1 aromatic heterocycles. The number of carbonyl (C=O) groups excluding carboxylic acids is 2. The Labute approximate surface area is 266 Å². The number of benzene rings is 2. The molecule has 0 aliphatic carbocycles. The number of halogens is 2. The number of carbonyl (C=O) groups is 2. The molecule has 43 heavy (non-hydrogen) atoms. The molecule has 0 aliphatic heterocycles. The van der Waals surface area contributed by atoms with E-state index in [0.29, 0.717) is 35.0 Å². The van der Waals surface area contributed by atoms with Crippen molar-refractivity contribution < 1.29 is 23.8 Å². The summed E-state index contributed by atoms with van der Waals surface area (Å²) < 4.78 is 24.0. The van der Waals surface area contributed by atoms with Crippen LogP contribution in [-0.2, 0) is 9.53 Å². The minimum Gasteiger partial charge on any atom is -0.389 e. The number of ether oxygens (including phenoxy) is 1. The van der Waals surface area contributed by atoms with E-state index in [1.807, 2.05) is 38.1 Å².